The molecule has 180 valence electrons. The van der Waals surface area contributed by atoms with Crippen molar-refractivity contribution in [3.8, 4) is 11.1 Å². The fourth-order valence-corrected chi connectivity index (χ4v) is 3.67. The van der Waals surface area contributed by atoms with E-state index in [-0.39, 0.29) is 16.0 Å². The van der Waals surface area contributed by atoms with E-state index in [0.29, 0.717) is 6.07 Å². The first-order valence-electron chi connectivity index (χ1n) is 9.48. The van der Waals surface area contributed by atoms with E-state index >= 15 is 0 Å². The number of benzene rings is 2. The number of halogens is 6. The van der Waals surface area contributed by atoms with Crippen LogP contribution in [-0.4, -0.2) is 32.1 Å². The van der Waals surface area contributed by atoms with E-state index in [2.05, 4.69) is 4.98 Å². The summed E-state index contributed by atoms with van der Waals surface area (Å²) in [4.78, 5) is 15.7. The average Bonchev–Trinajstić information content (AvgIpc) is 2.76. The Bertz CT molecular complexity index is 1340. The van der Waals surface area contributed by atoms with Crippen LogP contribution >= 0.6 is 0 Å². The summed E-state index contributed by atoms with van der Waals surface area (Å²) in [6, 6.07) is 7.47. The molecule has 1 heterocycles. The first-order valence-corrected chi connectivity index (χ1v) is 11.4. The molecule has 5 nitrogen and oxygen atoms in total. The molecule has 0 radical (unpaired) electrons. The van der Waals surface area contributed by atoms with E-state index in [1.54, 1.807) is 5.32 Å². The number of aromatic nitrogens is 1. The lowest BCUT2D eigenvalue weighted by molar-refractivity contribution is -0.137. The van der Waals surface area contributed by atoms with Crippen molar-refractivity contribution in [1.29, 1.82) is 0 Å². The molecule has 0 spiro atoms. The van der Waals surface area contributed by atoms with Gasteiger partial charge in [0, 0.05) is 24.2 Å². The Labute approximate surface area is 190 Å². The molecule has 1 amide bonds. The number of nitrogens with one attached hydrogen (secondary N) is 1. The highest BCUT2D eigenvalue weighted by atomic mass is 32.2. The SMILES string of the molecule is CS(=O)(=O)c1cncc(-c2ccc(C(F)(F)CNC(=O)c3ccccc3C(F)(F)F)c(F)c2)c1. The van der Waals surface area contributed by atoms with Crippen LogP contribution in [0, 0.1) is 5.82 Å². The summed E-state index contributed by atoms with van der Waals surface area (Å²) in [6.45, 7) is -1.46. The number of nitrogens with zero attached hydrogens (tertiary/aromatic N) is 1. The normalized spacial score (nSPS) is 12.4. The van der Waals surface area contributed by atoms with E-state index < -0.39 is 56.9 Å². The molecule has 0 bridgehead atoms. The number of hydrogen-bond donors (Lipinski definition) is 1. The molecule has 0 atom stereocenters. The van der Waals surface area contributed by atoms with Crippen LogP contribution in [0.5, 0.6) is 0 Å². The van der Waals surface area contributed by atoms with Gasteiger partial charge in [-0.1, -0.05) is 18.2 Å². The minimum atomic E-state index is -4.87. The Hall–Kier alpha value is -3.41. The lowest BCUT2D eigenvalue weighted by atomic mass is 10.0. The molecule has 1 aromatic heterocycles. The van der Waals surface area contributed by atoms with Crippen molar-refractivity contribution in [1.82, 2.24) is 10.3 Å². The van der Waals surface area contributed by atoms with Gasteiger partial charge in [0.25, 0.3) is 11.8 Å². The molecule has 0 fully saturated rings. The van der Waals surface area contributed by atoms with Gasteiger partial charge in [-0.25, -0.2) is 12.8 Å². The van der Waals surface area contributed by atoms with Crippen LogP contribution in [0.1, 0.15) is 21.5 Å². The second-order valence-electron chi connectivity index (χ2n) is 7.31. The monoisotopic (exact) mass is 502 g/mol. The number of hydrogen-bond acceptors (Lipinski definition) is 4. The van der Waals surface area contributed by atoms with Crippen LogP contribution in [0.25, 0.3) is 11.1 Å². The largest absolute Gasteiger partial charge is 0.417 e. The Morgan fingerprint density at radius 2 is 1.62 bits per heavy atom. The van der Waals surface area contributed by atoms with E-state index in [4.69, 9.17) is 0 Å². The summed E-state index contributed by atoms with van der Waals surface area (Å²) in [5, 5.41) is 1.72. The quantitative estimate of drug-likeness (QED) is 0.490. The summed E-state index contributed by atoms with van der Waals surface area (Å²) < 4.78 is 106. The number of rotatable bonds is 6. The second-order valence-corrected chi connectivity index (χ2v) is 9.32. The van der Waals surface area contributed by atoms with E-state index in [0.717, 1.165) is 48.9 Å². The van der Waals surface area contributed by atoms with Crippen LogP contribution in [0.2, 0.25) is 0 Å². The summed E-state index contributed by atoms with van der Waals surface area (Å²) in [6.07, 6.45) is -1.63. The van der Waals surface area contributed by atoms with Gasteiger partial charge < -0.3 is 5.32 Å². The van der Waals surface area contributed by atoms with Crippen molar-refractivity contribution in [2.24, 2.45) is 0 Å². The minimum absolute atomic E-state index is 0.0678. The third-order valence-corrected chi connectivity index (χ3v) is 5.87. The maximum Gasteiger partial charge on any atom is 0.417 e. The molecule has 3 aromatic rings. The van der Waals surface area contributed by atoms with Crippen LogP contribution in [0.15, 0.2) is 65.8 Å². The van der Waals surface area contributed by atoms with Gasteiger partial charge in [-0.3, -0.25) is 9.78 Å². The maximum atomic E-state index is 14.6. The molecule has 0 saturated carbocycles. The Kier molecular flexibility index (Phi) is 6.74. The van der Waals surface area contributed by atoms with Crippen molar-refractivity contribution in [2.75, 3.05) is 12.8 Å². The zero-order valence-corrected chi connectivity index (χ0v) is 18.1. The number of sulfone groups is 1. The summed E-state index contributed by atoms with van der Waals surface area (Å²) >= 11 is 0. The molecule has 34 heavy (non-hydrogen) atoms. The highest BCUT2D eigenvalue weighted by molar-refractivity contribution is 7.90. The first-order chi connectivity index (χ1) is 15.7. The first kappa shape index (κ1) is 25.2. The lowest BCUT2D eigenvalue weighted by Crippen LogP contribution is -2.36. The molecule has 0 aliphatic heterocycles. The number of pyridine rings is 1. The Balaban J connectivity index is 1.82. The molecule has 0 aliphatic rings. The van der Waals surface area contributed by atoms with Gasteiger partial charge in [0.2, 0.25) is 0 Å². The fraction of sp³-hybridized carbons (Fsp3) is 0.182. The van der Waals surface area contributed by atoms with Crippen LogP contribution in [0.3, 0.4) is 0 Å². The topological polar surface area (TPSA) is 76.1 Å². The van der Waals surface area contributed by atoms with Crippen molar-refractivity contribution < 1.29 is 39.6 Å². The molecule has 0 unspecified atom stereocenters. The van der Waals surface area contributed by atoms with Crippen LogP contribution in [-0.2, 0) is 21.9 Å². The molecular weight excluding hydrogens is 486 g/mol. The predicted molar refractivity (Wildman–Crippen MR) is 110 cm³/mol. The lowest BCUT2D eigenvalue weighted by Gasteiger charge is -2.19. The number of carbonyl (C=O) groups is 1. The average molecular weight is 502 g/mol. The smallest absolute Gasteiger partial charge is 0.346 e. The van der Waals surface area contributed by atoms with Crippen LogP contribution in [0.4, 0.5) is 26.3 Å². The summed E-state index contributed by atoms with van der Waals surface area (Å²) in [7, 11) is -3.61. The predicted octanol–water partition coefficient (Wildman–Crippen LogP) is 4.83. The molecule has 12 heteroatoms. The zero-order chi connectivity index (χ0) is 25.3. The Morgan fingerprint density at radius 1 is 0.941 bits per heavy atom. The van der Waals surface area contributed by atoms with Crippen molar-refractivity contribution >= 4 is 15.7 Å². The maximum absolute atomic E-state index is 14.6. The standard InChI is InChI=1S/C22H16F6N2O3S/c1-34(32,33)15-8-14(10-29-11-15)13-6-7-18(19(23)9-13)21(24,25)12-30-20(31)16-4-2-3-5-17(16)22(26,27)28/h2-11H,12H2,1H3,(H,30,31). The third kappa shape index (κ3) is 5.56. The number of amides is 1. The van der Waals surface area contributed by atoms with Crippen molar-refractivity contribution in [3.05, 3.63) is 83.4 Å². The molecule has 0 saturated heterocycles. The van der Waals surface area contributed by atoms with Gasteiger partial charge in [0.1, 0.15) is 5.82 Å². The molecular formula is C22H16F6N2O3S. The van der Waals surface area contributed by atoms with Gasteiger partial charge in [-0.2, -0.15) is 22.0 Å². The number of carbonyl (C=O) groups excluding carboxylic acids is 1. The fourth-order valence-electron chi connectivity index (χ4n) is 3.08. The summed E-state index contributed by atoms with van der Waals surface area (Å²) in [5.74, 6) is -6.72. The zero-order valence-electron chi connectivity index (χ0n) is 17.3. The van der Waals surface area contributed by atoms with Gasteiger partial charge in [-0.05, 0) is 35.9 Å². The van der Waals surface area contributed by atoms with E-state index in [9.17, 15) is 39.6 Å². The van der Waals surface area contributed by atoms with Gasteiger partial charge in [0.05, 0.1) is 28.1 Å². The van der Waals surface area contributed by atoms with Gasteiger partial charge in [0.15, 0.2) is 9.84 Å². The second kappa shape index (κ2) is 9.09. The minimum Gasteiger partial charge on any atom is -0.346 e. The molecule has 2 aromatic carbocycles. The van der Waals surface area contributed by atoms with Gasteiger partial charge in [-0.15, -0.1) is 0 Å². The third-order valence-electron chi connectivity index (χ3n) is 4.79. The highest BCUT2D eigenvalue weighted by Gasteiger charge is 2.38. The van der Waals surface area contributed by atoms with E-state index in [1.807, 2.05) is 0 Å². The summed E-state index contributed by atoms with van der Waals surface area (Å²) in [5.41, 5.74) is -3.02. The van der Waals surface area contributed by atoms with Crippen molar-refractivity contribution in [3.63, 3.8) is 0 Å². The number of alkyl halides is 5. The van der Waals surface area contributed by atoms with Gasteiger partial charge >= 0.3 is 6.18 Å². The van der Waals surface area contributed by atoms with E-state index in [1.165, 1.54) is 12.3 Å². The molecule has 0 aliphatic carbocycles. The highest BCUT2D eigenvalue weighted by Crippen LogP contribution is 2.34. The molecule has 3 rings (SSSR count). The van der Waals surface area contributed by atoms with Crippen molar-refractivity contribution in [2.45, 2.75) is 17.0 Å². The Morgan fingerprint density at radius 3 is 2.24 bits per heavy atom. The van der Waals surface area contributed by atoms with Crippen LogP contribution < -0.4 is 5.32 Å². The molecule has 1 N–H and O–H groups in total.